The topological polar surface area (TPSA) is 98.8 Å². The number of sulfonamides is 1. The number of urea groups is 1. The molecule has 1 saturated heterocycles. The van der Waals surface area contributed by atoms with Gasteiger partial charge in [0.25, 0.3) is 0 Å². The molecule has 1 aromatic rings. The molecule has 8 nitrogen and oxygen atoms in total. The number of fused-ring (bicyclic) bond motifs is 1. The van der Waals surface area contributed by atoms with Crippen molar-refractivity contribution in [3.05, 3.63) is 29.3 Å². The third-order valence-corrected chi connectivity index (χ3v) is 6.78. The Kier molecular flexibility index (Phi) is 5.59. The fourth-order valence-corrected chi connectivity index (χ4v) is 4.89. The van der Waals surface area contributed by atoms with Crippen molar-refractivity contribution in [1.29, 1.82) is 0 Å². The van der Waals surface area contributed by atoms with Gasteiger partial charge in [-0.25, -0.2) is 13.2 Å². The van der Waals surface area contributed by atoms with Crippen LogP contribution in [0.25, 0.3) is 0 Å². The van der Waals surface area contributed by atoms with Crippen LogP contribution in [0.2, 0.25) is 0 Å². The highest BCUT2D eigenvalue weighted by Crippen LogP contribution is 2.26. The Bertz CT molecular complexity index is 801. The predicted octanol–water partition coefficient (Wildman–Crippen LogP) is -0.0628. The van der Waals surface area contributed by atoms with Crippen LogP contribution < -0.4 is 10.6 Å². The minimum atomic E-state index is -3.52. The molecule has 1 aliphatic carbocycles. The maximum Gasteiger partial charge on any atom is 0.321 e. The minimum Gasteiger partial charge on any atom is -0.341 e. The number of carbonyl (C=O) groups is 2. The highest BCUT2D eigenvalue weighted by atomic mass is 32.2. The summed E-state index contributed by atoms with van der Waals surface area (Å²) in [6, 6.07) is 4.88. The molecule has 26 heavy (non-hydrogen) atoms. The maximum atomic E-state index is 12.9. The van der Waals surface area contributed by atoms with E-state index < -0.39 is 22.0 Å². The van der Waals surface area contributed by atoms with E-state index in [-0.39, 0.29) is 6.54 Å². The first-order valence-corrected chi connectivity index (χ1v) is 10.2. The summed E-state index contributed by atoms with van der Waals surface area (Å²) in [5.74, 6) is -0.403. The lowest BCUT2D eigenvalue weighted by molar-refractivity contribution is -0.121. The number of hydrogen-bond acceptors (Lipinski definition) is 5. The van der Waals surface area contributed by atoms with E-state index >= 15 is 0 Å². The zero-order chi connectivity index (χ0) is 18.7. The number of hydrogen-bond donors (Lipinski definition) is 2. The van der Waals surface area contributed by atoms with Gasteiger partial charge in [-0.2, -0.15) is 4.31 Å². The second-order valence-corrected chi connectivity index (χ2v) is 8.53. The van der Waals surface area contributed by atoms with Crippen LogP contribution in [0.15, 0.2) is 23.1 Å². The van der Waals surface area contributed by atoms with Crippen LogP contribution in [0.4, 0.5) is 4.79 Å². The van der Waals surface area contributed by atoms with Gasteiger partial charge in [0.1, 0.15) is 0 Å². The molecule has 1 aliphatic heterocycles. The Morgan fingerprint density at radius 3 is 2.46 bits per heavy atom. The quantitative estimate of drug-likeness (QED) is 0.762. The summed E-state index contributed by atoms with van der Waals surface area (Å²) in [5.41, 5.74) is 2.38. The molecule has 0 radical (unpaired) electrons. The summed E-state index contributed by atoms with van der Waals surface area (Å²) in [6.45, 7) is 1.62. The monoisotopic (exact) mass is 380 g/mol. The van der Waals surface area contributed by atoms with Crippen LogP contribution in [0.1, 0.15) is 17.5 Å². The summed E-state index contributed by atoms with van der Waals surface area (Å²) in [4.78, 5) is 25.1. The summed E-state index contributed by atoms with van der Waals surface area (Å²) in [5, 5.41) is 4.52. The number of nitrogens with one attached hydrogen (secondary N) is 2. The van der Waals surface area contributed by atoms with Crippen molar-refractivity contribution in [3.8, 4) is 0 Å². The normalized spacial score (nSPS) is 18.3. The largest absolute Gasteiger partial charge is 0.341 e. The van der Waals surface area contributed by atoms with E-state index in [0.717, 1.165) is 24.8 Å². The second kappa shape index (κ2) is 7.73. The van der Waals surface area contributed by atoms with Crippen LogP contribution in [-0.2, 0) is 27.7 Å². The molecular weight excluding hydrogens is 356 g/mol. The van der Waals surface area contributed by atoms with E-state index in [2.05, 4.69) is 10.6 Å². The lowest BCUT2D eigenvalue weighted by atomic mass is 10.1. The number of carbonyl (C=O) groups excluding carboxylic acids is 2. The first kappa shape index (κ1) is 18.8. The summed E-state index contributed by atoms with van der Waals surface area (Å²) < 4.78 is 27.2. The molecule has 0 spiro atoms. The van der Waals surface area contributed by atoms with Crippen molar-refractivity contribution >= 4 is 22.0 Å². The number of benzene rings is 1. The number of amides is 3. The van der Waals surface area contributed by atoms with Gasteiger partial charge in [0.2, 0.25) is 15.9 Å². The van der Waals surface area contributed by atoms with Crippen molar-refractivity contribution in [2.75, 3.05) is 39.8 Å². The van der Waals surface area contributed by atoms with Gasteiger partial charge in [0.05, 0.1) is 11.4 Å². The van der Waals surface area contributed by atoms with E-state index in [9.17, 15) is 18.0 Å². The molecule has 2 aliphatic rings. The molecule has 142 valence electrons. The molecule has 1 aromatic carbocycles. The Balaban J connectivity index is 1.59. The molecule has 3 amide bonds. The molecule has 0 saturated carbocycles. The first-order valence-electron chi connectivity index (χ1n) is 8.76. The van der Waals surface area contributed by atoms with E-state index in [1.807, 2.05) is 11.0 Å². The fraction of sp³-hybridized carbons (Fsp3) is 0.529. The highest BCUT2D eigenvalue weighted by molar-refractivity contribution is 7.89. The number of nitrogens with zero attached hydrogens (tertiary/aromatic N) is 2. The summed E-state index contributed by atoms with van der Waals surface area (Å²) >= 11 is 0. The maximum absolute atomic E-state index is 12.9. The standard InChI is InChI=1S/C17H24N4O4S/c1-18-17(23)19-16(22)12-20-7-9-21(10-8-20)26(24,25)15-6-5-13-3-2-4-14(13)11-15/h5-6,11H,2-4,7-10,12H2,1H3,(H2,18,19,22,23). The molecule has 0 unspecified atom stereocenters. The molecule has 0 atom stereocenters. The molecular formula is C17H24N4O4S. The van der Waals surface area contributed by atoms with Crippen molar-refractivity contribution in [2.45, 2.75) is 24.2 Å². The molecule has 1 fully saturated rings. The second-order valence-electron chi connectivity index (χ2n) is 6.59. The smallest absolute Gasteiger partial charge is 0.321 e. The van der Waals surface area contributed by atoms with Crippen LogP contribution in [0, 0.1) is 0 Å². The number of piperazine rings is 1. The van der Waals surface area contributed by atoms with Gasteiger partial charge >= 0.3 is 6.03 Å². The predicted molar refractivity (Wildman–Crippen MR) is 96.3 cm³/mol. The van der Waals surface area contributed by atoms with E-state index in [0.29, 0.717) is 31.1 Å². The third-order valence-electron chi connectivity index (χ3n) is 4.89. The van der Waals surface area contributed by atoms with Crippen LogP contribution in [0.3, 0.4) is 0 Å². The molecule has 9 heteroatoms. The van der Waals surface area contributed by atoms with Crippen LogP contribution >= 0.6 is 0 Å². The van der Waals surface area contributed by atoms with Crippen LogP contribution in [0.5, 0.6) is 0 Å². The molecule has 1 heterocycles. The Morgan fingerprint density at radius 1 is 1.08 bits per heavy atom. The van der Waals surface area contributed by atoms with Gasteiger partial charge in [-0.05, 0) is 42.5 Å². The SMILES string of the molecule is CNC(=O)NC(=O)CN1CCN(S(=O)(=O)c2ccc3c(c2)CCC3)CC1. The van der Waals surface area contributed by atoms with Gasteiger partial charge in [0.15, 0.2) is 0 Å². The van der Waals surface area contributed by atoms with Gasteiger partial charge in [-0.3, -0.25) is 15.0 Å². The van der Waals surface area contributed by atoms with Gasteiger partial charge in [-0.15, -0.1) is 0 Å². The zero-order valence-corrected chi connectivity index (χ0v) is 15.6. The Labute approximate surface area is 153 Å². The van der Waals surface area contributed by atoms with Crippen molar-refractivity contribution in [3.63, 3.8) is 0 Å². The number of rotatable bonds is 4. The van der Waals surface area contributed by atoms with E-state index in [4.69, 9.17) is 0 Å². The highest BCUT2D eigenvalue weighted by Gasteiger charge is 2.30. The van der Waals surface area contributed by atoms with Crippen molar-refractivity contribution in [2.24, 2.45) is 0 Å². The number of imide groups is 1. The minimum absolute atomic E-state index is 0.0696. The lowest BCUT2D eigenvalue weighted by Crippen LogP contribution is -2.52. The van der Waals surface area contributed by atoms with Crippen molar-refractivity contribution < 1.29 is 18.0 Å². The zero-order valence-electron chi connectivity index (χ0n) is 14.8. The average Bonchev–Trinajstić information content (AvgIpc) is 3.09. The van der Waals surface area contributed by atoms with E-state index in [1.165, 1.54) is 16.9 Å². The lowest BCUT2D eigenvalue weighted by Gasteiger charge is -2.33. The summed E-state index contributed by atoms with van der Waals surface area (Å²) in [6.07, 6.45) is 3.04. The molecule has 0 aromatic heterocycles. The first-order chi connectivity index (χ1) is 12.4. The molecule has 2 N–H and O–H groups in total. The van der Waals surface area contributed by atoms with Crippen molar-refractivity contribution in [1.82, 2.24) is 19.8 Å². The van der Waals surface area contributed by atoms with Gasteiger partial charge < -0.3 is 5.32 Å². The van der Waals surface area contributed by atoms with Gasteiger partial charge in [0, 0.05) is 33.2 Å². The Hall–Kier alpha value is -1.97. The summed E-state index contributed by atoms with van der Waals surface area (Å²) in [7, 11) is -2.08. The Morgan fingerprint density at radius 2 is 1.77 bits per heavy atom. The fourth-order valence-electron chi connectivity index (χ4n) is 3.42. The van der Waals surface area contributed by atoms with Crippen LogP contribution in [-0.4, -0.2) is 69.3 Å². The molecule has 3 rings (SSSR count). The number of aryl methyl sites for hydroxylation is 2. The van der Waals surface area contributed by atoms with Gasteiger partial charge in [-0.1, -0.05) is 6.07 Å². The molecule has 0 bridgehead atoms. The van der Waals surface area contributed by atoms with E-state index in [1.54, 1.807) is 12.1 Å². The average molecular weight is 380 g/mol. The third kappa shape index (κ3) is 4.05.